The number of rotatable bonds is 6. The second kappa shape index (κ2) is 8.09. The van der Waals surface area contributed by atoms with Crippen molar-refractivity contribution in [2.45, 2.75) is 37.1 Å². The van der Waals surface area contributed by atoms with Crippen LogP contribution in [0.3, 0.4) is 0 Å². The van der Waals surface area contributed by atoms with Crippen LogP contribution in [-0.2, 0) is 10.0 Å². The number of nitrogens with zero attached hydrogens (tertiary/aromatic N) is 1. The average Bonchev–Trinajstić information content (AvgIpc) is 2.57. The van der Waals surface area contributed by atoms with Gasteiger partial charge in [0.15, 0.2) is 0 Å². The minimum atomic E-state index is -3.46. The molecule has 7 heteroatoms. The summed E-state index contributed by atoms with van der Waals surface area (Å²) in [7, 11) is -0.481. The van der Waals surface area contributed by atoms with Gasteiger partial charge >= 0.3 is 0 Å². The fourth-order valence-corrected chi connectivity index (χ4v) is 3.93. The molecule has 0 radical (unpaired) electrons. The van der Waals surface area contributed by atoms with E-state index in [-0.39, 0.29) is 16.8 Å². The number of amides is 1. The zero-order valence-electron chi connectivity index (χ0n) is 14.7. The summed E-state index contributed by atoms with van der Waals surface area (Å²) in [6.07, 6.45) is 3.18. The third-order valence-electron chi connectivity index (χ3n) is 4.53. The van der Waals surface area contributed by atoms with Crippen LogP contribution >= 0.6 is 0 Å². The summed E-state index contributed by atoms with van der Waals surface area (Å²) in [5.74, 6) is -0.132. The van der Waals surface area contributed by atoms with Gasteiger partial charge in [-0.2, -0.15) is 0 Å². The molecule has 0 atom stereocenters. The Morgan fingerprint density at radius 2 is 1.79 bits per heavy atom. The molecule has 1 aromatic rings. The number of carbonyl (C=O) groups is 1. The summed E-state index contributed by atoms with van der Waals surface area (Å²) in [6, 6.07) is 6.33. The van der Waals surface area contributed by atoms with E-state index in [0.717, 1.165) is 30.2 Å². The Labute approximate surface area is 144 Å². The van der Waals surface area contributed by atoms with E-state index in [1.54, 1.807) is 17.0 Å². The first-order valence-electron chi connectivity index (χ1n) is 8.51. The lowest BCUT2D eigenvalue weighted by molar-refractivity contribution is -0.905. The number of piperidine rings is 1. The van der Waals surface area contributed by atoms with E-state index in [2.05, 4.69) is 12.2 Å². The second-order valence-electron chi connectivity index (χ2n) is 6.56. The van der Waals surface area contributed by atoms with Crippen molar-refractivity contribution in [1.29, 1.82) is 0 Å². The van der Waals surface area contributed by atoms with Gasteiger partial charge in [0.25, 0.3) is 5.91 Å². The monoisotopic (exact) mass is 354 g/mol. The van der Waals surface area contributed by atoms with Gasteiger partial charge in [0.1, 0.15) is 0 Å². The fraction of sp³-hybridized carbons (Fsp3) is 0.588. The third kappa shape index (κ3) is 4.55. The average molecular weight is 354 g/mol. The maximum atomic E-state index is 12.3. The first-order valence-corrected chi connectivity index (χ1v) is 9.95. The van der Waals surface area contributed by atoms with Gasteiger partial charge in [0.05, 0.1) is 24.5 Å². The molecule has 1 aliphatic rings. The largest absolute Gasteiger partial charge is 0.349 e. The molecule has 0 aliphatic carbocycles. The number of benzene rings is 1. The third-order valence-corrected chi connectivity index (χ3v) is 6.36. The summed E-state index contributed by atoms with van der Waals surface area (Å²) < 4.78 is 25.2. The topological polar surface area (TPSA) is 70.9 Å². The summed E-state index contributed by atoms with van der Waals surface area (Å²) in [5, 5.41) is 3.07. The van der Waals surface area contributed by atoms with Gasteiger partial charge in [-0.25, -0.2) is 12.7 Å². The molecule has 2 N–H and O–H groups in total. The lowest BCUT2D eigenvalue weighted by atomic mass is 10.0. The molecule has 1 heterocycles. The van der Waals surface area contributed by atoms with Crippen molar-refractivity contribution >= 4 is 15.9 Å². The van der Waals surface area contributed by atoms with Crippen molar-refractivity contribution in [3.8, 4) is 0 Å². The SMILES string of the molecule is CCC[NH+]1CCC(NC(=O)c2ccc(S(=O)(=O)N(C)C)cc2)CC1. The van der Waals surface area contributed by atoms with Crippen LogP contribution in [0.1, 0.15) is 36.5 Å². The molecule has 134 valence electrons. The number of nitrogens with one attached hydrogen (secondary N) is 2. The van der Waals surface area contributed by atoms with E-state index < -0.39 is 10.0 Å². The van der Waals surface area contributed by atoms with Gasteiger partial charge in [0.2, 0.25) is 10.0 Å². The standard InChI is InChI=1S/C17H27N3O3S/c1-4-11-20-12-9-15(10-13-20)18-17(21)14-5-7-16(8-6-14)24(22,23)19(2)3/h5-8,15H,4,9-13H2,1-3H3,(H,18,21)/p+1. The molecule has 0 bridgehead atoms. The van der Waals surface area contributed by atoms with Crippen LogP contribution in [-0.4, -0.2) is 58.4 Å². The van der Waals surface area contributed by atoms with Gasteiger partial charge in [-0.15, -0.1) is 0 Å². The second-order valence-corrected chi connectivity index (χ2v) is 8.71. The molecule has 1 aliphatic heterocycles. The Morgan fingerprint density at radius 1 is 1.21 bits per heavy atom. The maximum absolute atomic E-state index is 12.3. The summed E-state index contributed by atoms with van der Waals surface area (Å²) >= 11 is 0. The molecule has 2 rings (SSSR count). The highest BCUT2D eigenvalue weighted by Crippen LogP contribution is 2.14. The van der Waals surface area contributed by atoms with Crippen molar-refractivity contribution in [2.75, 3.05) is 33.7 Å². The Bertz CT molecular complexity index is 648. The van der Waals surface area contributed by atoms with Gasteiger partial charge in [0, 0.05) is 38.5 Å². The smallest absolute Gasteiger partial charge is 0.251 e. The van der Waals surface area contributed by atoms with Crippen molar-refractivity contribution < 1.29 is 18.1 Å². The first kappa shape index (κ1) is 18.9. The zero-order chi connectivity index (χ0) is 17.7. The molecule has 0 spiro atoms. The first-order chi connectivity index (χ1) is 11.3. The highest BCUT2D eigenvalue weighted by atomic mass is 32.2. The molecular weight excluding hydrogens is 326 g/mol. The van der Waals surface area contributed by atoms with Crippen molar-refractivity contribution in [3.05, 3.63) is 29.8 Å². The number of carbonyl (C=O) groups excluding carboxylic acids is 1. The van der Waals surface area contributed by atoms with Crippen molar-refractivity contribution in [2.24, 2.45) is 0 Å². The fourth-order valence-electron chi connectivity index (χ4n) is 3.03. The summed E-state index contributed by atoms with van der Waals surface area (Å²) in [5.41, 5.74) is 0.496. The van der Waals surface area contributed by atoms with E-state index >= 15 is 0 Å². The molecule has 1 saturated heterocycles. The summed E-state index contributed by atoms with van der Waals surface area (Å²) in [4.78, 5) is 14.1. The van der Waals surface area contributed by atoms with Gasteiger partial charge in [-0.05, 0) is 30.7 Å². The zero-order valence-corrected chi connectivity index (χ0v) is 15.5. The molecule has 1 amide bonds. The highest BCUT2D eigenvalue weighted by Gasteiger charge is 2.23. The normalized spacial score (nSPS) is 21.7. The molecule has 24 heavy (non-hydrogen) atoms. The predicted octanol–water partition coefficient (Wildman–Crippen LogP) is 0.124. The quantitative estimate of drug-likeness (QED) is 0.763. The van der Waals surface area contributed by atoms with Crippen LogP contribution in [0.15, 0.2) is 29.2 Å². The number of likely N-dealkylation sites (tertiary alicyclic amines) is 1. The van der Waals surface area contributed by atoms with Crippen molar-refractivity contribution in [3.63, 3.8) is 0 Å². The van der Waals surface area contributed by atoms with Crippen LogP contribution in [0.25, 0.3) is 0 Å². The Hall–Kier alpha value is -1.44. The number of sulfonamides is 1. The molecule has 0 saturated carbocycles. The van der Waals surface area contributed by atoms with E-state index in [9.17, 15) is 13.2 Å². The molecule has 1 aromatic carbocycles. The number of quaternary nitrogens is 1. The van der Waals surface area contributed by atoms with E-state index in [1.807, 2.05) is 0 Å². The van der Waals surface area contributed by atoms with Crippen LogP contribution in [0, 0.1) is 0 Å². The van der Waals surface area contributed by atoms with Crippen LogP contribution in [0.2, 0.25) is 0 Å². The van der Waals surface area contributed by atoms with E-state index in [0.29, 0.717) is 5.56 Å². The Kier molecular flexibility index (Phi) is 6.37. The van der Waals surface area contributed by atoms with Crippen molar-refractivity contribution in [1.82, 2.24) is 9.62 Å². The molecule has 0 aromatic heterocycles. The van der Waals surface area contributed by atoms with E-state index in [1.165, 1.54) is 39.2 Å². The molecule has 0 unspecified atom stereocenters. The van der Waals surface area contributed by atoms with E-state index in [4.69, 9.17) is 0 Å². The lowest BCUT2D eigenvalue weighted by Gasteiger charge is -2.29. The van der Waals surface area contributed by atoms with Gasteiger partial charge in [-0.3, -0.25) is 4.79 Å². The van der Waals surface area contributed by atoms with Gasteiger partial charge in [-0.1, -0.05) is 6.92 Å². The number of hydrogen-bond donors (Lipinski definition) is 2. The van der Waals surface area contributed by atoms with Crippen LogP contribution < -0.4 is 10.2 Å². The summed E-state index contributed by atoms with van der Waals surface area (Å²) in [6.45, 7) is 5.58. The molecule has 6 nitrogen and oxygen atoms in total. The Balaban J connectivity index is 1.94. The number of hydrogen-bond acceptors (Lipinski definition) is 3. The maximum Gasteiger partial charge on any atom is 0.251 e. The minimum Gasteiger partial charge on any atom is -0.349 e. The minimum absolute atomic E-state index is 0.132. The van der Waals surface area contributed by atoms with Gasteiger partial charge < -0.3 is 10.2 Å². The highest BCUT2D eigenvalue weighted by molar-refractivity contribution is 7.89. The molecule has 1 fully saturated rings. The molecular formula is C17H28N3O3S+. The predicted molar refractivity (Wildman–Crippen MR) is 93.7 cm³/mol. The Morgan fingerprint density at radius 3 is 2.29 bits per heavy atom. The lowest BCUT2D eigenvalue weighted by Crippen LogP contribution is -3.13. The van der Waals surface area contributed by atoms with Crippen LogP contribution in [0.5, 0.6) is 0 Å². The van der Waals surface area contributed by atoms with Crippen LogP contribution in [0.4, 0.5) is 0 Å².